The highest BCUT2D eigenvalue weighted by molar-refractivity contribution is 6.31. The van der Waals surface area contributed by atoms with Gasteiger partial charge in [-0.25, -0.2) is 4.39 Å². The van der Waals surface area contributed by atoms with Crippen LogP contribution in [-0.2, 0) is 0 Å². The fraction of sp³-hybridized carbons (Fsp3) is 0.143. The number of nitrogen functional groups attached to an aromatic ring is 1. The van der Waals surface area contributed by atoms with Crippen molar-refractivity contribution in [2.75, 3.05) is 12.8 Å². The second kappa shape index (κ2) is 5.36. The van der Waals surface area contributed by atoms with Crippen molar-refractivity contribution in [3.63, 3.8) is 0 Å². The van der Waals surface area contributed by atoms with Gasteiger partial charge in [-0.1, -0.05) is 17.7 Å². The lowest BCUT2D eigenvalue weighted by molar-refractivity contribution is 0.378. The second-order valence-electron chi connectivity index (χ2n) is 4.06. The van der Waals surface area contributed by atoms with Crippen molar-refractivity contribution < 1.29 is 13.9 Å². The number of hydrogen-bond donors (Lipinski definition) is 1. The van der Waals surface area contributed by atoms with E-state index in [-0.39, 0.29) is 16.5 Å². The van der Waals surface area contributed by atoms with Crippen LogP contribution in [0.25, 0.3) is 0 Å². The first-order valence-corrected chi connectivity index (χ1v) is 5.96. The van der Waals surface area contributed by atoms with Crippen molar-refractivity contribution in [2.24, 2.45) is 0 Å². The summed E-state index contributed by atoms with van der Waals surface area (Å²) in [7, 11) is 1.54. The Bertz CT molecular complexity index is 617. The predicted molar refractivity (Wildman–Crippen MR) is 73.6 cm³/mol. The molecule has 0 aliphatic rings. The summed E-state index contributed by atoms with van der Waals surface area (Å²) in [5.74, 6) is 0.622. The first kappa shape index (κ1) is 13.5. The summed E-state index contributed by atoms with van der Waals surface area (Å²) >= 11 is 5.63. The summed E-state index contributed by atoms with van der Waals surface area (Å²) in [5.41, 5.74) is 7.03. The molecule has 0 aromatic heterocycles. The van der Waals surface area contributed by atoms with Gasteiger partial charge in [-0.3, -0.25) is 0 Å². The number of anilines is 1. The number of methoxy groups -OCH3 is 1. The quantitative estimate of drug-likeness (QED) is 0.859. The van der Waals surface area contributed by atoms with E-state index in [1.807, 2.05) is 19.1 Å². The van der Waals surface area contributed by atoms with Gasteiger partial charge in [0.05, 0.1) is 17.8 Å². The van der Waals surface area contributed by atoms with Crippen molar-refractivity contribution in [3.05, 3.63) is 46.7 Å². The van der Waals surface area contributed by atoms with Crippen LogP contribution in [0, 0.1) is 12.7 Å². The zero-order valence-corrected chi connectivity index (χ0v) is 11.3. The smallest absolute Gasteiger partial charge is 0.169 e. The van der Waals surface area contributed by atoms with Crippen molar-refractivity contribution in [3.8, 4) is 17.2 Å². The zero-order valence-electron chi connectivity index (χ0n) is 10.5. The normalized spacial score (nSPS) is 10.3. The molecule has 0 spiro atoms. The van der Waals surface area contributed by atoms with Gasteiger partial charge in [-0.2, -0.15) is 0 Å². The van der Waals surface area contributed by atoms with E-state index in [1.54, 1.807) is 6.07 Å². The maximum atomic E-state index is 13.4. The van der Waals surface area contributed by atoms with Gasteiger partial charge in [0.2, 0.25) is 0 Å². The SMILES string of the molecule is COc1cc(C)ccc1Oc1cc(F)c(Cl)cc1N. The predicted octanol–water partition coefficient (Wildman–Crippen LogP) is 4.17. The van der Waals surface area contributed by atoms with Crippen LogP contribution in [0.4, 0.5) is 10.1 Å². The third kappa shape index (κ3) is 2.90. The third-order valence-electron chi connectivity index (χ3n) is 2.59. The standard InChI is InChI=1S/C14H13ClFNO2/c1-8-3-4-12(14(5-8)18-2)19-13-7-10(16)9(15)6-11(13)17/h3-7H,17H2,1-2H3. The molecule has 5 heteroatoms. The Morgan fingerprint density at radius 3 is 2.53 bits per heavy atom. The van der Waals surface area contributed by atoms with Gasteiger partial charge in [0.15, 0.2) is 17.2 Å². The number of ether oxygens (including phenoxy) is 2. The molecule has 0 fully saturated rings. The molecule has 0 atom stereocenters. The van der Waals surface area contributed by atoms with Crippen LogP contribution in [0.3, 0.4) is 0 Å². The largest absolute Gasteiger partial charge is 0.493 e. The molecule has 0 saturated heterocycles. The highest BCUT2D eigenvalue weighted by Gasteiger charge is 2.11. The van der Waals surface area contributed by atoms with E-state index < -0.39 is 5.82 Å². The van der Waals surface area contributed by atoms with Gasteiger partial charge in [-0.15, -0.1) is 0 Å². The molecule has 0 unspecified atom stereocenters. The zero-order chi connectivity index (χ0) is 14.0. The Hall–Kier alpha value is -1.94. The topological polar surface area (TPSA) is 44.5 Å². The molecule has 2 aromatic rings. The van der Waals surface area contributed by atoms with Gasteiger partial charge < -0.3 is 15.2 Å². The van der Waals surface area contributed by atoms with Crippen molar-refractivity contribution in [1.29, 1.82) is 0 Å². The maximum absolute atomic E-state index is 13.4. The molecule has 0 bridgehead atoms. The van der Waals surface area contributed by atoms with E-state index >= 15 is 0 Å². The van der Waals surface area contributed by atoms with Crippen LogP contribution in [0.15, 0.2) is 30.3 Å². The highest BCUT2D eigenvalue weighted by Crippen LogP contribution is 2.36. The summed E-state index contributed by atoms with van der Waals surface area (Å²) in [5, 5.41) is -0.0410. The molecule has 0 heterocycles. The molecule has 2 rings (SSSR count). The molecule has 100 valence electrons. The minimum atomic E-state index is -0.586. The fourth-order valence-corrected chi connectivity index (χ4v) is 1.78. The lowest BCUT2D eigenvalue weighted by Gasteiger charge is -2.13. The van der Waals surface area contributed by atoms with Crippen molar-refractivity contribution in [1.82, 2.24) is 0 Å². The molecule has 3 nitrogen and oxygen atoms in total. The summed E-state index contributed by atoms with van der Waals surface area (Å²) in [4.78, 5) is 0. The van der Waals surface area contributed by atoms with Crippen LogP contribution in [-0.4, -0.2) is 7.11 Å². The maximum Gasteiger partial charge on any atom is 0.169 e. The highest BCUT2D eigenvalue weighted by atomic mass is 35.5. The minimum absolute atomic E-state index is 0.0410. The summed E-state index contributed by atoms with van der Waals surface area (Å²) in [6.45, 7) is 1.93. The van der Waals surface area contributed by atoms with E-state index in [0.717, 1.165) is 11.6 Å². The molecular weight excluding hydrogens is 269 g/mol. The van der Waals surface area contributed by atoms with Crippen LogP contribution in [0.5, 0.6) is 17.2 Å². The Morgan fingerprint density at radius 1 is 1.11 bits per heavy atom. The summed E-state index contributed by atoms with van der Waals surface area (Å²) in [6, 6.07) is 7.88. The second-order valence-corrected chi connectivity index (χ2v) is 4.47. The molecule has 0 aliphatic carbocycles. The van der Waals surface area contributed by atoms with Crippen LogP contribution in [0.2, 0.25) is 5.02 Å². The molecule has 2 N–H and O–H groups in total. The number of benzene rings is 2. The number of hydrogen-bond acceptors (Lipinski definition) is 3. The van der Waals surface area contributed by atoms with Crippen molar-refractivity contribution >= 4 is 17.3 Å². The Kier molecular flexibility index (Phi) is 3.81. The van der Waals surface area contributed by atoms with Crippen LogP contribution >= 0.6 is 11.6 Å². The van der Waals surface area contributed by atoms with Crippen LogP contribution < -0.4 is 15.2 Å². The van der Waals surface area contributed by atoms with E-state index in [4.69, 9.17) is 26.8 Å². The average Bonchev–Trinajstić information content (AvgIpc) is 2.37. The van der Waals surface area contributed by atoms with Gasteiger partial charge in [0.1, 0.15) is 5.82 Å². The molecule has 0 radical (unpaired) electrons. The van der Waals surface area contributed by atoms with Gasteiger partial charge in [0, 0.05) is 6.07 Å². The van der Waals surface area contributed by atoms with E-state index in [9.17, 15) is 4.39 Å². The number of aryl methyl sites for hydroxylation is 1. The van der Waals surface area contributed by atoms with E-state index in [0.29, 0.717) is 11.5 Å². The van der Waals surface area contributed by atoms with E-state index in [1.165, 1.54) is 13.2 Å². The fourth-order valence-electron chi connectivity index (χ4n) is 1.61. The van der Waals surface area contributed by atoms with Gasteiger partial charge in [-0.05, 0) is 30.7 Å². The first-order chi connectivity index (χ1) is 9.01. The molecule has 0 aliphatic heterocycles. The number of rotatable bonds is 3. The molecule has 0 amide bonds. The Balaban J connectivity index is 2.39. The minimum Gasteiger partial charge on any atom is -0.493 e. The number of nitrogens with two attached hydrogens (primary N) is 1. The lowest BCUT2D eigenvalue weighted by atomic mass is 10.2. The first-order valence-electron chi connectivity index (χ1n) is 5.58. The van der Waals surface area contributed by atoms with Crippen molar-refractivity contribution in [2.45, 2.75) is 6.92 Å². The Morgan fingerprint density at radius 2 is 1.84 bits per heavy atom. The Labute approximate surface area is 115 Å². The summed E-state index contributed by atoms with van der Waals surface area (Å²) < 4.78 is 24.2. The third-order valence-corrected chi connectivity index (χ3v) is 2.88. The van der Waals surface area contributed by atoms with Gasteiger partial charge in [0.25, 0.3) is 0 Å². The summed E-state index contributed by atoms with van der Waals surface area (Å²) in [6.07, 6.45) is 0. The van der Waals surface area contributed by atoms with Gasteiger partial charge >= 0.3 is 0 Å². The van der Waals surface area contributed by atoms with Crippen LogP contribution in [0.1, 0.15) is 5.56 Å². The average molecular weight is 282 g/mol. The molecule has 2 aromatic carbocycles. The molecule has 0 saturated carbocycles. The molecular formula is C14H13ClFNO2. The van der Waals surface area contributed by atoms with E-state index in [2.05, 4.69) is 0 Å². The monoisotopic (exact) mass is 281 g/mol. The molecule has 19 heavy (non-hydrogen) atoms. The lowest BCUT2D eigenvalue weighted by Crippen LogP contribution is -1.96. The number of halogens is 2.